The number of hydrogen-bond donors (Lipinski definition) is 0. The summed E-state index contributed by atoms with van der Waals surface area (Å²) in [6.07, 6.45) is 1.82. The van der Waals surface area contributed by atoms with Gasteiger partial charge < -0.3 is 9.64 Å². The van der Waals surface area contributed by atoms with Gasteiger partial charge in [-0.1, -0.05) is 12.1 Å². The number of nitrogens with zero attached hydrogens (tertiary/aromatic N) is 3. The minimum Gasteiger partial charge on any atom is -0.496 e. The number of fused-ring (bicyclic) bond motifs is 1. The number of rotatable bonds is 3. The highest BCUT2D eigenvalue weighted by molar-refractivity contribution is 5.97. The van der Waals surface area contributed by atoms with E-state index in [2.05, 4.69) is 9.97 Å². The van der Waals surface area contributed by atoms with Crippen LogP contribution < -0.4 is 4.74 Å². The van der Waals surface area contributed by atoms with E-state index in [1.165, 1.54) is 25.6 Å². The minimum absolute atomic E-state index is 0.156. The highest BCUT2D eigenvalue weighted by atomic mass is 19.1. The molecule has 1 aliphatic rings. The fourth-order valence-electron chi connectivity index (χ4n) is 3.43. The molecule has 0 unspecified atom stereocenters. The fourth-order valence-corrected chi connectivity index (χ4v) is 3.43. The maximum Gasteiger partial charge on any atom is 0.257 e. The van der Waals surface area contributed by atoms with Crippen LogP contribution in [0, 0.1) is 11.6 Å². The number of methoxy groups -OCH3 is 1. The first-order chi connectivity index (χ1) is 13.6. The number of para-hydroxylation sites is 1. The third-order valence-electron chi connectivity index (χ3n) is 4.82. The molecule has 28 heavy (non-hydrogen) atoms. The Bertz CT molecular complexity index is 1060. The van der Waals surface area contributed by atoms with E-state index in [1.54, 1.807) is 29.2 Å². The van der Waals surface area contributed by atoms with Gasteiger partial charge in [0.15, 0.2) is 0 Å². The van der Waals surface area contributed by atoms with Crippen molar-refractivity contribution in [1.82, 2.24) is 14.9 Å². The molecule has 0 fully saturated rings. The second kappa shape index (κ2) is 7.34. The Hall–Kier alpha value is -3.35. The predicted molar refractivity (Wildman–Crippen MR) is 98.8 cm³/mol. The van der Waals surface area contributed by atoms with Gasteiger partial charge in [0.2, 0.25) is 0 Å². The smallest absolute Gasteiger partial charge is 0.257 e. The van der Waals surface area contributed by atoms with Crippen molar-refractivity contribution in [2.75, 3.05) is 13.7 Å². The molecule has 1 amide bonds. The molecule has 7 heteroatoms. The molecular formula is C21H17F2N3O2. The summed E-state index contributed by atoms with van der Waals surface area (Å²) in [6.45, 7) is 0.720. The molecule has 0 N–H and O–H groups in total. The first-order valence-electron chi connectivity index (χ1n) is 8.79. The van der Waals surface area contributed by atoms with E-state index in [-0.39, 0.29) is 18.0 Å². The van der Waals surface area contributed by atoms with Crippen LogP contribution in [0.5, 0.6) is 5.75 Å². The normalized spacial score (nSPS) is 13.2. The zero-order chi connectivity index (χ0) is 19.7. The van der Waals surface area contributed by atoms with Crippen molar-refractivity contribution in [2.24, 2.45) is 0 Å². The lowest BCUT2D eigenvalue weighted by atomic mass is 9.97. The largest absolute Gasteiger partial charge is 0.496 e. The van der Waals surface area contributed by atoms with Gasteiger partial charge in [0.1, 0.15) is 23.7 Å². The molecule has 1 aromatic heterocycles. The summed E-state index contributed by atoms with van der Waals surface area (Å²) < 4.78 is 32.8. The summed E-state index contributed by atoms with van der Waals surface area (Å²) in [4.78, 5) is 23.1. The highest BCUT2D eigenvalue weighted by Gasteiger charge is 2.27. The lowest BCUT2D eigenvalue weighted by Crippen LogP contribution is -2.37. The van der Waals surface area contributed by atoms with E-state index in [0.717, 1.165) is 11.6 Å². The Morgan fingerprint density at radius 1 is 1.14 bits per heavy atom. The average molecular weight is 381 g/mol. The number of halogens is 2. The number of amides is 1. The van der Waals surface area contributed by atoms with Crippen LogP contribution >= 0.6 is 0 Å². The molecule has 142 valence electrons. The molecule has 0 atom stereocenters. The zero-order valence-electron chi connectivity index (χ0n) is 15.2. The maximum atomic E-state index is 14.2. The molecule has 0 saturated carbocycles. The number of ether oxygens (including phenoxy) is 1. The van der Waals surface area contributed by atoms with Crippen LogP contribution in [0.15, 0.2) is 48.8 Å². The molecule has 0 bridgehead atoms. The van der Waals surface area contributed by atoms with Gasteiger partial charge in [-0.05, 0) is 30.7 Å². The van der Waals surface area contributed by atoms with Crippen molar-refractivity contribution in [1.29, 1.82) is 0 Å². The lowest BCUT2D eigenvalue weighted by Gasteiger charge is -2.29. The lowest BCUT2D eigenvalue weighted by molar-refractivity contribution is 0.0728. The van der Waals surface area contributed by atoms with Gasteiger partial charge >= 0.3 is 0 Å². The van der Waals surface area contributed by atoms with E-state index in [4.69, 9.17) is 4.74 Å². The molecule has 5 nitrogen and oxygen atoms in total. The Morgan fingerprint density at radius 2 is 1.96 bits per heavy atom. The molecule has 3 aromatic rings. The fraction of sp³-hybridized carbons (Fsp3) is 0.190. The summed E-state index contributed by atoms with van der Waals surface area (Å²) in [5, 5.41) is 0. The average Bonchev–Trinajstić information content (AvgIpc) is 2.72. The summed E-state index contributed by atoms with van der Waals surface area (Å²) in [5.74, 6) is -0.961. The second-order valence-corrected chi connectivity index (χ2v) is 6.45. The van der Waals surface area contributed by atoms with Crippen molar-refractivity contribution >= 4 is 5.91 Å². The van der Waals surface area contributed by atoms with E-state index in [0.29, 0.717) is 35.7 Å². The van der Waals surface area contributed by atoms with Crippen molar-refractivity contribution in [3.8, 4) is 17.0 Å². The van der Waals surface area contributed by atoms with E-state index in [9.17, 15) is 13.6 Å². The molecule has 2 heterocycles. The molecule has 2 aromatic carbocycles. The van der Waals surface area contributed by atoms with Crippen LogP contribution in [-0.4, -0.2) is 34.4 Å². The molecule has 0 saturated heterocycles. The van der Waals surface area contributed by atoms with Crippen molar-refractivity contribution in [3.05, 3.63) is 77.2 Å². The monoisotopic (exact) mass is 381 g/mol. The van der Waals surface area contributed by atoms with Gasteiger partial charge in [-0.3, -0.25) is 4.79 Å². The molecule has 0 aliphatic carbocycles. The van der Waals surface area contributed by atoms with Crippen molar-refractivity contribution < 1.29 is 18.3 Å². The first kappa shape index (κ1) is 18.0. The standard InChI is InChI=1S/C21H17F2N3O2/c1-28-19-5-3-2-4-16(19)21(27)26-9-8-15-18(11-26)24-12-25-20(15)14-7-6-13(22)10-17(14)23/h2-7,10,12H,8-9,11H2,1H3. The van der Waals surface area contributed by atoms with Crippen LogP contribution in [0.4, 0.5) is 8.78 Å². The van der Waals surface area contributed by atoms with Gasteiger partial charge in [0.25, 0.3) is 5.91 Å². The van der Waals surface area contributed by atoms with Gasteiger partial charge in [-0.15, -0.1) is 0 Å². The quantitative estimate of drug-likeness (QED) is 0.695. The summed E-state index contributed by atoms with van der Waals surface area (Å²) in [7, 11) is 1.52. The Labute approximate surface area is 160 Å². The number of carbonyl (C=O) groups is 1. The third kappa shape index (κ3) is 3.19. The van der Waals surface area contributed by atoms with Crippen LogP contribution in [0.25, 0.3) is 11.3 Å². The van der Waals surface area contributed by atoms with Crippen LogP contribution in [0.3, 0.4) is 0 Å². The van der Waals surface area contributed by atoms with Crippen LogP contribution in [0.2, 0.25) is 0 Å². The van der Waals surface area contributed by atoms with Gasteiger partial charge in [0.05, 0.1) is 30.6 Å². The van der Waals surface area contributed by atoms with E-state index < -0.39 is 11.6 Å². The highest BCUT2D eigenvalue weighted by Crippen LogP contribution is 2.30. The molecular weight excluding hydrogens is 364 g/mol. The SMILES string of the molecule is COc1ccccc1C(=O)N1CCc2c(ncnc2-c2ccc(F)cc2F)C1. The van der Waals surface area contributed by atoms with E-state index in [1.807, 2.05) is 0 Å². The predicted octanol–water partition coefficient (Wildman–Crippen LogP) is 3.63. The number of hydrogen-bond acceptors (Lipinski definition) is 4. The van der Waals surface area contributed by atoms with Gasteiger partial charge in [-0.25, -0.2) is 18.7 Å². The number of aromatic nitrogens is 2. The Morgan fingerprint density at radius 3 is 2.75 bits per heavy atom. The van der Waals surface area contributed by atoms with E-state index >= 15 is 0 Å². The Balaban J connectivity index is 1.66. The maximum absolute atomic E-state index is 14.2. The topological polar surface area (TPSA) is 55.3 Å². The van der Waals surface area contributed by atoms with Crippen LogP contribution in [-0.2, 0) is 13.0 Å². The summed E-state index contributed by atoms with van der Waals surface area (Å²) >= 11 is 0. The molecule has 1 aliphatic heterocycles. The number of benzene rings is 2. The summed E-state index contributed by atoms with van der Waals surface area (Å²) in [6, 6.07) is 10.5. The van der Waals surface area contributed by atoms with Gasteiger partial charge in [0, 0.05) is 23.7 Å². The van der Waals surface area contributed by atoms with Gasteiger partial charge in [-0.2, -0.15) is 0 Å². The Kier molecular flexibility index (Phi) is 4.73. The second-order valence-electron chi connectivity index (χ2n) is 6.45. The molecule has 0 spiro atoms. The minimum atomic E-state index is -0.673. The number of carbonyl (C=O) groups excluding carboxylic acids is 1. The summed E-state index contributed by atoms with van der Waals surface area (Å²) in [5.41, 5.74) is 2.57. The van der Waals surface area contributed by atoms with Crippen molar-refractivity contribution in [3.63, 3.8) is 0 Å². The van der Waals surface area contributed by atoms with Crippen LogP contribution in [0.1, 0.15) is 21.6 Å². The zero-order valence-corrected chi connectivity index (χ0v) is 15.2. The van der Waals surface area contributed by atoms with Crippen molar-refractivity contribution in [2.45, 2.75) is 13.0 Å². The first-order valence-corrected chi connectivity index (χ1v) is 8.79. The third-order valence-corrected chi connectivity index (χ3v) is 4.82. The molecule has 0 radical (unpaired) electrons. The molecule has 4 rings (SSSR count).